The number of halogens is 3. The normalized spacial score (nSPS) is 11.9. The molecule has 3 aromatic rings. The molecule has 3 nitrogen and oxygen atoms in total. The van der Waals surface area contributed by atoms with Crippen LogP contribution in [0.25, 0.3) is 11.4 Å². The number of benzene rings is 1. The van der Waals surface area contributed by atoms with E-state index in [0.717, 1.165) is 35.6 Å². The van der Waals surface area contributed by atoms with E-state index in [1.165, 1.54) is 34.3 Å². The van der Waals surface area contributed by atoms with E-state index >= 15 is 0 Å². The molecule has 0 radical (unpaired) electrons. The number of hydrogen-bond donors (Lipinski definition) is 0. The maximum absolute atomic E-state index is 12.9. The molecule has 0 aliphatic heterocycles. The van der Waals surface area contributed by atoms with Crippen molar-refractivity contribution < 1.29 is 13.2 Å². The minimum absolute atomic E-state index is 0.410. The molecule has 0 unspecified atom stereocenters. The zero-order valence-electron chi connectivity index (χ0n) is 15.3. The van der Waals surface area contributed by atoms with Gasteiger partial charge in [0.2, 0.25) is 0 Å². The summed E-state index contributed by atoms with van der Waals surface area (Å²) in [6.45, 7) is 6.99. The lowest BCUT2D eigenvalue weighted by atomic mass is 10.1. The molecule has 27 heavy (non-hydrogen) atoms. The number of rotatable bonds is 6. The van der Waals surface area contributed by atoms with E-state index in [0.29, 0.717) is 11.3 Å². The van der Waals surface area contributed by atoms with Crippen LogP contribution in [0.1, 0.15) is 34.9 Å². The van der Waals surface area contributed by atoms with Gasteiger partial charge in [0.25, 0.3) is 0 Å². The van der Waals surface area contributed by atoms with Gasteiger partial charge in [0.1, 0.15) is 0 Å². The first-order valence-electron chi connectivity index (χ1n) is 8.58. The minimum Gasteiger partial charge on any atom is -0.302 e. The van der Waals surface area contributed by atoms with Crippen molar-refractivity contribution >= 4 is 23.1 Å². The highest BCUT2D eigenvalue weighted by molar-refractivity contribution is 7.98. The standard InChI is InChI=1S/C19H20F3N3S2/c1-4-8-25-17(16-11-26-13(3)12(16)2)23-24-18(25)27-10-14-6-5-7-15(9-14)19(20,21)22/h5-7,9,11H,4,8,10H2,1-3H3. The first-order valence-corrected chi connectivity index (χ1v) is 10.4. The molecule has 0 amide bonds. The van der Waals surface area contributed by atoms with Gasteiger partial charge in [0.05, 0.1) is 5.56 Å². The van der Waals surface area contributed by atoms with Crippen molar-refractivity contribution in [3.8, 4) is 11.4 Å². The van der Waals surface area contributed by atoms with Gasteiger partial charge in [-0.2, -0.15) is 13.2 Å². The van der Waals surface area contributed by atoms with Crippen molar-refractivity contribution in [1.29, 1.82) is 0 Å². The Labute approximate surface area is 164 Å². The molecule has 0 saturated heterocycles. The van der Waals surface area contributed by atoms with Crippen LogP contribution in [0.15, 0.2) is 34.8 Å². The van der Waals surface area contributed by atoms with Crippen LogP contribution in [0.3, 0.4) is 0 Å². The van der Waals surface area contributed by atoms with Crippen molar-refractivity contribution in [2.24, 2.45) is 0 Å². The maximum Gasteiger partial charge on any atom is 0.416 e. The Morgan fingerprint density at radius 2 is 1.96 bits per heavy atom. The second kappa shape index (κ2) is 8.06. The molecule has 0 aliphatic carbocycles. The van der Waals surface area contributed by atoms with Crippen LogP contribution >= 0.6 is 23.1 Å². The van der Waals surface area contributed by atoms with Gasteiger partial charge in [-0.25, -0.2) is 0 Å². The lowest BCUT2D eigenvalue weighted by Crippen LogP contribution is -2.05. The predicted molar refractivity (Wildman–Crippen MR) is 104 cm³/mol. The molecule has 0 bridgehead atoms. The molecule has 8 heteroatoms. The molecule has 0 N–H and O–H groups in total. The summed E-state index contributed by atoms with van der Waals surface area (Å²) in [7, 11) is 0. The molecule has 2 heterocycles. The lowest BCUT2D eigenvalue weighted by Gasteiger charge is -2.10. The van der Waals surface area contributed by atoms with Crippen LogP contribution in [-0.4, -0.2) is 14.8 Å². The molecule has 144 valence electrons. The molecule has 0 fully saturated rings. The second-order valence-electron chi connectivity index (χ2n) is 6.28. The number of thiophene rings is 1. The van der Waals surface area contributed by atoms with Crippen molar-refractivity contribution in [1.82, 2.24) is 14.8 Å². The summed E-state index contributed by atoms with van der Waals surface area (Å²) in [5, 5.41) is 11.5. The topological polar surface area (TPSA) is 30.7 Å². The van der Waals surface area contributed by atoms with Crippen LogP contribution in [-0.2, 0) is 18.5 Å². The third-order valence-electron chi connectivity index (χ3n) is 4.31. The van der Waals surface area contributed by atoms with Gasteiger partial charge in [-0.15, -0.1) is 21.5 Å². The van der Waals surface area contributed by atoms with Gasteiger partial charge in [0, 0.05) is 28.1 Å². The molecule has 2 aromatic heterocycles. The Balaban J connectivity index is 1.85. The average Bonchev–Trinajstić information content (AvgIpc) is 3.17. The summed E-state index contributed by atoms with van der Waals surface area (Å²) in [6.07, 6.45) is -3.41. The first-order chi connectivity index (χ1) is 12.8. The summed E-state index contributed by atoms with van der Waals surface area (Å²) < 4.78 is 40.7. The molecule has 1 aromatic carbocycles. The summed E-state index contributed by atoms with van der Waals surface area (Å²) >= 11 is 3.09. The van der Waals surface area contributed by atoms with Crippen LogP contribution in [0.5, 0.6) is 0 Å². The number of hydrogen-bond acceptors (Lipinski definition) is 4. The molecule has 0 saturated carbocycles. The van der Waals surface area contributed by atoms with Gasteiger partial charge in [0.15, 0.2) is 11.0 Å². The van der Waals surface area contributed by atoms with E-state index < -0.39 is 11.7 Å². The summed E-state index contributed by atoms with van der Waals surface area (Å²) in [5.74, 6) is 1.23. The summed E-state index contributed by atoms with van der Waals surface area (Å²) in [5.41, 5.74) is 2.26. The molecule has 0 spiro atoms. The van der Waals surface area contributed by atoms with Crippen LogP contribution in [0.2, 0.25) is 0 Å². The van der Waals surface area contributed by atoms with Gasteiger partial charge in [-0.3, -0.25) is 0 Å². The Morgan fingerprint density at radius 3 is 2.59 bits per heavy atom. The summed E-state index contributed by atoms with van der Waals surface area (Å²) in [6, 6.07) is 5.43. The van der Waals surface area contributed by atoms with E-state index in [-0.39, 0.29) is 0 Å². The predicted octanol–water partition coefficient (Wildman–Crippen LogP) is 6.34. The largest absolute Gasteiger partial charge is 0.416 e. The highest BCUT2D eigenvalue weighted by atomic mass is 32.2. The van der Waals surface area contributed by atoms with Crippen molar-refractivity contribution in [2.45, 2.75) is 50.8 Å². The van der Waals surface area contributed by atoms with Gasteiger partial charge in [-0.1, -0.05) is 36.9 Å². The maximum atomic E-state index is 12.9. The highest BCUT2D eigenvalue weighted by Gasteiger charge is 2.30. The average molecular weight is 412 g/mol. The lowest BCUT2D eigenvalue weighted by molar-refractivity contribution is -0.137. The Hall–Kier alpha value is -1.80. The second-order valence-corrected chi connectivity index (χ2v) is 8.30. The van der Waals surface area contributed by atoms with Crippen LogP contribution in [0, 0.1) is 13.8 Å². The number of nitrogens with zero attached hydrogens (tertiary/aromatic N) is 3. The van der Waals surface area contributed by atoms with Crippen molar-refractivity contribution in [2.75, 3.05) is 0 Å². The number of aryl methyl sites for hydroxylation is 1. The van der Waals surface area contributed by atoms with E-state index in [1.807, 2.05) is 0 Å². The molecular weight excluding hydrogens is 391 g/mol. The minimum atomic E-state index is -4.33. The van der Waals surface area contributed by atoms with Gasteiger partial charge in [-0.05, 0) is 37.5 Å². The molecular formula is C19H20F3N3S2. The fourth-order valence-corrected chi connectivity index (χ4v) is 4.51. The Bertz CT molecular complexity index is 929. The van der Waals surface area contributed by atoms with Gasteiger partial charge < -0.3 is 4.57 Å². The Morgan fingerprint density at radius 1 is 1.19 bits per heavy atom. The van der Waals surface area contributed by atoms with E-state index in [1.54, 1.807) is 17.4 Å². The number of aromatic nitrogens is 3. The Kier molecular flexibility index (Phi) is 5.95. The third-order valence-corrected chi connectivity index (χ3v) is 6.36. The molecule has 0 aliphatic rings. The number of thioether (sulfide) groups is 1. The SMILES string of the molecule is CCCn1c(SCc2cccc(C(F)(F)F)c2)nnc1-c1csc(C)c1C. The van der Waals surface area contributed by atoms with E-state index in [4.69, 9.17) is 0 Å². The number of alkyl halides is 3. The van der Waals surface area contributed by atoms with Crippen molar-refractivity contribution in [3.05, 3.63) is 51.2 Å². The fraction of sp³-hybridized carbons (Fsp3) is 0.368. The zero-order valence-corrected chi connectivity index (χ0v) is 16.9. The first kappa shape index (κ1) is 19.9. The summed E-state index contributed by atoms with van der Waals surface area (Å²) in [4.78, 5) is 1.24. The highest BCUT2D eigenvalue weighted by Crippen LogP contribution is 2.34. The molecule has 3 rings (SSSR count). The zero-order chi connectivity index (χ0) is 19.6. The molecule has 0 atom stereocenters. The van der Waals surface area contributed by atoms with Crippen LogP contribution < -0.4 is 0 Å². The third kappa shape index (κ3) is 4.38. The monoisotopic (exact) mass is 411 g/mol. The quantitative estimate of drug-likeness (QED) is 0.443. The smallest absolute Gasteiger partial charge is 0.302 e. The van der Waals surface area contributed by atoms with Crippen LogP contribution in [0.4, 0.5) is 13.2 Å². The van der Waals surface area contributed by atoms with Crippen molar-refractivity contribution in [3.63, 3.8) is 0 Å². The van der Waals surface area contributed by atoms with E-state index in [9.17, 15) is 13.2 Å². The van der Waals surface area contributed by atoms with E-state index in [2.05, 4.69) is 40.9 Å². The fourth-order valence-electron chi connectivity index (χ4n) is 2.74. The van der Waals surface area contributed by atoms with Gasteiger partial charge >= 0.3 is 6.18 Å².